The Morgan fingerprint density at radius 3 is 2.46 bits per heavy atom. The largest absolute Gasteiger partial charge is 0.321 e. The molecule has 2 N–H and O–H groups in total. The van der Waals surface area contributed by atoms with Gasteiger partial charge in [-0.3, -0.25) is 4.68 Å². The lowest BCUT2D eigenvalue weighted by Gasteiger charge is -2.13. The van der Waals surface area contributed by atoms with Gasteiger partial charge in [0, 0.05) is 13.5 Å². The molecule has 0 aliphatic heterocycles. The van der Waals surface area contributed by atoms with Gasteiger partial charge in [-0.2, -0.15) is 5.10 Å². The van der Waals surface area contributed by atoms with Crippen LogP contribution in [0.5, 0.6) is 0 Å². The molecule has 0 radical (unpaired) electrons. The van der Waals surface area contributed by atoms with Gasteiger partial charge in [0.15, 0.2) is 5.82 Å². The van der Waals surface area contributed by atoms with Gasteiger partial charge in [-0.25, -0.2) is 4.98 Å². The smallest absolute Gasteiger partial charge is 0.150 e. The average Bonchev–Trinajstić information content (AvgIpc) is 2.45. The van der Waals surface area contributed by atoms with Gasteiger partial charge in [0.05, 0.1) is 6.04 Å². The van der Waals surface area contributed by atoms with Gasteiger partial charge in [-0.1, -0.05) is 20.8 Å². The molecule has 1 atom stereocenters. The van der Waals surface area contributed by atoms with E-state index < -0.39 is 0 Å². The highest BCUT2D eigenvalue weighted by molar-refractivity contribution is 4.98. The fraction of sp³-hybridized carbons (Fsp3) is 0.778. The number of aryl methyl sites for hydroxylation is 2. The first-order valence-corrected chi connectivity index (χ1v) is 4.71. The maximum atomic E-state index is 5.98. The van der Waals surface area contributed by atoms with E-state index in [0.29, 0.717) is 5.92 Å². The van der Waals surface area contributed by atoms with E-state index in [1.54, 1.807) is 4.68 Å². The molecule has 4 heteroatoms. The second-order valence-electron chi connectivity index (χ2n) is 3.63. The molecule has 0 aromatic carbocycles. The number of rotatable bonds is 3. The summed E-state index contributed by atoms with van der Waals surface area (Å²) in [6.07, 6.45) is 0.860. The maximum absolute atomic E-state index is 5.98. The predicted octanol–water partition coefficient (Wildman–Crippen LogP) is 1.03. The van der Waals surface area contributed by atoms with Crippen LogP contribution in [0.15, 0.2) is 0 Å². The first-order chi connectivity index (χ1) is 6.06. The molecule has 1 heterocycles. The van der Waals surface area contributed by atoms with E-state index in [2.05, 4.69) is 23.9 Å². The van der Waals surface area contributed by atoms with Gasteiger partial charge in [-0.05, 0) is 5.92 Å². The third-order valence-corrected chi connectivity index (χ3v) is 2.17. The van der Waals surface area contributed by atoms with Crippen LogP contribution in [0.2, 0.25) is 0 Å². The summed E-state index contributed by atoms with van der Waals surface area (Å²) in [4.78, 5) is 4.38. The maximum Gasteiger partial charge on any atom is 0.150 e. The minimum absolute atomic E-state index is 0.0159. The van der Waals surface area contributed by atoms with E-state index in [0.717, 1.165) is 18.1 Å². The zero-order valence-corrected chi connectivity index (χ0v) is 8.78. The summed E-state index contributed by atoms with van der Waals surface area (Å²) in [5.41, 5.74) is 5.98. The Hall–Kier alpha value is -0.900. The van der Waals surface area contributed by atoms with Crippen LogP contribution in [0, 0.1) is 5.92 Å². The van der Waals surface area contributed by atoms with Gasteiger partial charge >= 0.3 is 0 Å². The standard InChI is InChI=1S/C9H18N4/c1-5-7-11-9(13(4)12-7)8(10)6(2)3/h6,8H,5,10H2,1-4H3. The molecule has 0 fully saturated rings. The molecule has 13 heavy (non-hydrogen) atoms. The van der Waals surface area contributed by atoms with Crippen LogP contribution in [-0.4, -0.2) is 14.8 Å². The Morgan fingerprint density at radius 1 is 1.46 bits per heavy atom. The van der Waals surface area contributed by atoms with Crippen molar-refractivity contribution < 1.29 is 0 Å². The third kappa shape index (κ3) is 2.06. The Kier molecular flexibility index (Phi) is 3.03. The first-order valence-electron chi connectivity index (χ1n) is 4.71. The molecule has 0 aliphatic carbocycles. The Labute approximate surface area is 79.2 Å². The molecule has 74 valence electrons. The molecule has 0 aliphatic rings. The molecular weight excluding hydrogens is 164 g/mol. The molecule has 1 rings (SSSR count). The predicted molar refractivity (Wildman–Crippen MR) is 52.1 cm³/mol. The average molecular weight is 182 g/mol. The molecule has 1 unspecified atom stereocenters. The van der Waals surface area contributed by atoms with Crippen LogP contribution in [0.3, 0.4) is 0 Å². The minimum Gasteiger partial charge on any atom is -0.321 e. The molecule has 0 spiro atoms. The van der Waals surface area contributed by atoms with Gasteiger partial charge in [0.2, 0.25) is 0 Å². The zero-order chi connectivity index (χ0) is 10.0. The van der Waals surface area contributed by atoms with E-state index in [1.165, 1.54) is 0 Å². The van der Waals surface area contributed by atoms with Crippen molar-refractivity contribution in [2.45, 2.75) is 33.2 Å². The topological polar surface area (TPSA) is 56.7 Å². The fourth-order valence-corrected chi connectivity index (χ4v) is 1.19. The van der Waals surface area contributed by atoms with Crippen LogP contribution in [0.25, 0.3) is 0 Å². The van der Waals surface area contributed by atoms with Crippen molar-refractivity contribution in [2.75, 3.05) is 0 Å². The third-order valence-electron chi connectivity index (χ3n) is 2.17. The van der Waals surface area contributed by atoms with E-state index in [-0.39, 0.29) is 6.04 Å². The van der Waals surface area contributed by atoms with Gasteiger partial charge in [0.1, 0.15) is 5.82 Å². The summed E-state index contributed by atoms with van der Waals surface area (Å²) in [6.45, 7) is 6.22. The molecule has 0 saturated carbocycles. The summed E-state index contributed by atoms with van der Waals surface area (Å²) in [5.74, 6) is 2.15. The highest BCUT2D eigenvalue weighted by atomic mass is 15.3. The van der Waals surface area contributed by atoms with Crippen molar-refractivity contribution in [3.8, 4) is 0 Å². The number of nitrogens with two attached hydrogens (primary N) is 1. The highest BCUT2D eigenvalue weighted by Gasteiger charge is 2.16. The van der Waals surface area contributed by atoms with Crippen molar-refractivity contribution in [1.82, 2.24) is 14.8 Å². The minimum atomic E-state index is -0.0159. The fourth-order valence-electron chi connectivity index (χ4n) is 1.19. The molecule has 1 aromatic rings. The number of hydrogen-bond donors (Lipinski definition) is 1. The summed E-state index contributed by atoms with van der Waals surface area (Å²) in [7, 11) is 1.89. The van der Waals surface area contributed by atoms with Crippen LogP contribution in [-0.2, 0) is 13.5 Å². The van der Waals surface area contributed by atoms with Crippen LogP contribution in [0.1, 0.15) is 38.5 Å². The lowest BCUT2D eigenvalue weighted by molar-refractivity contribution is 0.469. The summed E-state index contributed by atoms with van der Waals surface area (Å²) < 4.78 is 1.78. The number of aromatic nitrogens is 3. The molecule has 0 bridgehead atoms. The second-order valence-corrected chi connectivity index (χ2v) is 3.63. The van der Waals surface area contributed by atoms with Gasteiger partial charge in [-0.15, -0.1) is 0 Å². The van der Waals surface area contributed by atoms with Crippen molar-refractivity contribution in [1.29, 1.82) is 0 Å². The first kappa shape index (κ1) is 10.2. The lowest BCUT2D eigenvalue weighted by atomic mass is 10.1. The molecule has 0 amide bonds. The summed E-state index contributed by atoms with van der Waals surface area (Å²) in [6, 6.07) is -0.0159. The summed E-state index contributed by atoms with van der Waals surface area (Å²) >= 11 is 0. The molecule has 0 saturated heterocycles. The normalized spacial score (nSPS) is 13.7. The lowest BCUT2D eigenvalue weighted by Crippen LogP contribution is -2.20. The van der Waals surface area contributed by atoms with Gasteiger partial charge in [0.25, 0.3) is 0 Å². The second kappa shape index (κ2) is 3.87. The SMILES string of the molecule is CCc1nc(C(N)C(C)C)n(C)n1. The quantitative estimate of drug-likeness (QED) is 0.759. The number of hydrogen-bond acceptors (Lipinski definition) is 3. The van der Waals surface area contributed by atoms with E-state index in [4.69, 9.17) is 5.73 Å². The molecule has 4 nitrogen and oxygen atoms in total. The Bertz CT molecular complexity index is 277. The molecule has 1 aromatic heterocycles. The number of nitrogens with zero attached hydrogens (tertiary/aromatic N) is 3. The monoisotopic (exact) mass is 182 g/mol. The van der Waals surface area contributed by atoms with E-state index >= 15 is 0 Å². The van der Waals surface area contributed by atoms with E-state index in [9.17, 15) is 0 Å². The Balaban J connectivity index is 2.93. The van der Waals surface area contributed by atoms with E-state index in [1.807, 2.05) is 14.0 Å². The highest BCUT2D eigenvalue weighted by Crippen LogP contribution is 2.16. The Morgan fingerprint density at radius 2 is 2.08 bits per heavy atom. The van der Waals surface area contributed by atoms with Crippen molar-refractivity contribution in [3.05, 3.63) is 11.6 Å². The van der Waals surface area contributed by atoms with Crippen LogP contribution >= 0.6 is 0 Å². The van der Waals surface area contributed by atoms with Crippen molar-refractivity contribution in [3.63, 3.8) is 0 Å². The zero-order valence-electron chi connectivity index (χ0n) is 8.78. The summed E-state index contributed by atoms with van der Waals surface area (Å²) in [5, 5.41) is 4.26. The van der Waals surface area contributed by atoms with Crippen LogP contribution < -0.4 is 5.73 Å². The van der Waals surface area contributed by atoms with Crippen molar-refractivity contribution >= 4 is 0 Å². The van der Waals surface area contributed by atoms with Crippen LogP contribution in [0.4, 0.5) is 0 Å². The molecular formula is C9H18N4. The van der Waals surface area contributed by atoms with Crippen molar-refractivity contribution in [2.24, 2.45) is 18.7 Å². The van der Waals surface area contributed by atoms with Gasteiger partial charge < -0.3 is 5.73 Å².